The van der Waals surface area contributed by atoms with Gasteiger partial charge in [0, 0.05) is 0 Å². The summed E-state index contributed by atoms with van der Waals surface area (Å²) in [5.74, 6) is -0.976. The van der Waals surface area contributed by atoms with E-state index in [0.29, 0.717) is 0 Å². The molecule has 0 aliphatic heterocycles. The van der Waals surface area contributed by atoms with Crippen LogP contribution in [0.3, 0.4) is 0 Å². The van der Waals surface area contributed by atoms with Gasteiger partial charge in [-0.05, 0) is 5.56 Å². The zero-order chi connectivity index (χ0) is 10.8. The molecular formula is C9H10N2O2S. The van der Waals surface area contributed by atoms with Crippen LogP contribution in [-0.4, -0.2) is 16.0 Å². The van der Waals surface area contributed by atoms with E-state index in [-0.39, 0.29) is 10.6 Å². The van der Waals surface area contributed by atoms with Crippen LogP contribution in [-0.2, 0) is 10.4 Å². The molecule has 14 heavy (non-hydrogen) atoms. The molecule has 1 amide bonds. The Labute approximate surface area is 86.5 Å². The Hall–Kier alpha value is -1.46. The first kappa shape index (κ1) is 10.6. The smallest absolute Gasteiger partial charge is 0.261 e. The van der Waals surface area contributed by atoms with Crippen molar-refractivity contribution in [1.82, 2.24) is 0 Å². The third kappa shape index (κ3) is 1.59. The first-order chi connectivity index (χ1) is 6.49. The monoisotopic (exact) mass is 210 g/mol. The van der Waals surface area contributed by atoms with Crippen LogP contribution < -0.4 is 11.5 Å². The standard InChI is InChI=1S/C9H10N2O2S/c10-7(12)9(13,8(11)14)6-4-2-1-3-5-6/h1-5,13H,(H2,10,12)(H2,11,14). The molecule has 1 aromatic carbocycles. The Kier molecular flexibility index (Phi) is 2.83. The molecule has 0 aromatic heterocycles. The van der Waals surface area contributed by atoms with Crippen LogP contribution in [0.1, 0.15) is 5.56 Å². The fourth-order valence-corrected chi connectivity index (χ4v) is 1.30. The first-order valence-electron chi connectivity index (χ1n) is 3.87. The van der Waals surface area contributed by atoms with Crippen molar-refractivity contribution >= 4 is 23.1 Å². The van der Waals surface area contributed by atoms with Crippen LogP contribution in [0.15, 0.2) is 30.3 Å². The van der Waals surface area contributed by atoms with E-state index in [1.165, 1.54) is 12.1 Å². The minimum Gasteiger partial charge on any atom is -0.390 e. The summed E-state index contributed by atoms with van der Waals surface area (Å²) >= 11 is 4.62. The van der Waals surface area contributed by atoms with Gasteiger partial charge in [0.25, 0.3) is 5.91 Å². The van der Waals surface area contributed by atoms with Crippen LogP contribution >= 0.6 is 12.2 Å². The van der Waals surface area contributed by atoms with Crippen LogP contribution in [0.2, 0.25) is 0 Å². The van der Waals surface area contributed by atoms with E-state index in [2.05, 4.69) is 12.2 Å². The normalized spacial score (nSPS) is 14.4. The van der Waals surface area contributed by atoms with Gasteiger partial charge in [0.15, 0.2) is 0 Å². The second kappa shape index (κ2) is 3.73. The molecule has 0 radical (unpaired) electrons. The minimum atomic E-state index is -2.06. The molecule has 0 saturated carbocycles. The lowest BCUT2D eigenvalue weighted by Crippen LogP contribution is -2.50. The maximum atomic E-state index is 11.1. The number of carbonyl (C=O) groups is 1. The van der Waals surface area contributed by atoms with E-state index >= 15 is 0 Å². The summed E-state index contributed by atoms with van der Waals surface area (Å²) in [4.78, 5) is 10.7. The number of hydrogen-bond acceptors (Lipinski definition) is 3. The predicted octanol–water partition coefficient (Wildman–Crippen LogP) is -0.354. The molecule has 74 valence electrons. The highest BCUT2D eigenvalue weighted by Crippen LogP contribution is 2.20. The molecule has 5 heteroatoms. The molecule has 0 heterocycles. The third-order valence-electron chi connectivity index (χ3n) is 1.90. The Morgan fingerprint density at radius 3 is 2.14 bits per heavy atom. The number of primary amides is 1. The number of nitrogens with two attached hydrogens (primary N) is 2. The van der Waals surface area contributed by atoms with Crippen molar-refractivity contribution in [3.05, 3.63) is 35.9 Å². The number of carbonyl (C=O) groups excluding carboxylic acids is 1. The Morgan fingerprint density at radius 1 is 1.29 bits per heavy atom. The fourth-order valence-electron chi connectivity index (χ4n) is 1.09. The molecule has 1 rings (SSSR count). The summed E-state index contributed by atoms with van der Waals surface area (Å²) in [6.45, 7) is 0. The minimum absolute atomic E-state index is 0.278. The van der Waals surface area contributed by atoms with Crippen molar-refractivity contribution < 1.29 is 9.90 Å². The Balaban J connectivity index is 3.27. The highest BCUT2D eigenvalue weighted by molar-refractivity contribution is 7.80. The highest BCUT2D eigenvalue weighted by atomic mass is 32.1. The van der Waals surface area contributed by atoms with Gasteiger partial charge >= 0.3 is 0 Å². The van der Waals surface area contributed by atoms with Gasteiger partial charge in [0.05, 0.1) is 0 Å². The maximum Gasteiger partial charge on any atom is 0.261 e. The van der Waals surface area contributed by atoms with E-state index in [9.17, 15) is 9.90 Å². The molecule has 1 atom stereocenters. The molecule has 1 unspecified atom stereocenters. The number of thiocarbonyl (C=S) groups is 1. The van der Waals surface area contributed by atoms with Crippen molar-refractivity contribution in [1.29, 1.82) is 0 Å². The van der Waals surface area contributed by atoms with Crippen LogP contribution in [0, 0.1) is 0 Å². The topological polar surface area (TPSA) is 89.3 Å². The number of hydrogen-bond donors (Lipinski definition) is 3. The average molecular weight is 210 g/mol. The molecule has 4 nitrogen and oxygen atoms in total. The Bertz CT molecular complexity index is 350. The van der Waals surface area contributed by atoms with E-state index in [1.54, 1.807) is 18.2 Å². The lowest BCUT2D eigenvalue weighted by Gasteiger charge is -2.23. The van der Waals surface area contributed by atoms with E-state index in [4.69, 9.17) is 11.5 Å². The van der Waals surface area contributed by atoms with Crippen molar-refractivity contribution in [3.63, 3.8) is 0 Å². The van der Waals surface area contributed by atoms with Crippen LogP contribution in [0.25, 0.3) is 0 Å². The molecule has 0 bridgehead atoms. The average Bonchev–Trinajstić information content (AvgIpc) is 2.17. The van der Waals surface area contributed by atoms with Crippen LogP contribution in [0.5, 0.6) is 0 Å². The molecule has 1 aromatic rings. The van der Waals surface area contributed by atoms with Gasteiger partial charge in [-0.2, -0.15) is 0 Å². The Morgan fingerprint density at radius 2 is 1.79 bits per heavy atom. The largest absolute Gasteiger partial charge is 0.390 e. The predicted molar refractivity (Wildman–Crippen MR) is 56.3 cm³/mol. The molecule has 5 N–H and O–H groups in total. The van der Waals surface area contributed by atoms with Crippen LogP contribution in [0.4, 0.5) is 0 Å². The zero-order valence-electron chi connectivity index (χ0n) is 7.31. The molecule has 0 spiro atoms. The van der Waals surface area contributed by atoms with Gasteiger partial charge in [-0.15, -0.1) is 0 Å². The number of aliphatic hydroxyl groups is 1. The fraction of sp³-hybridized carbons (Fsp3) is 0.111. The summed E-state index contributed by atoms with van der Waals surface area (Å²) < 4.78 is 0. The maximum absolute atomic E-state index is 11.1. The first-order valence-corrected chi connectivity index (χ1v) is 4.28. The SMILES string of the molecule is NC(=O)C(O)(C(N)=S)c1ccccc1. The van der Waals surface area contributed by atoms with Crippen molar-refractivity contribution in [3.8, 4) is 0 Å². The summed E-state index contributed by atoms with van der Waals surface area (Å²) in [6.07, 6.45) is 0. The van der Waals surface area contributed by atoms with Gasteiger partial charge < -0.3 is 16.6 Å². The second-order valence-corrected chi connectivity index (χ2v) is 3.24. The van der Waals surface area contributed by atoms with E-state index < -0.39 is 11.5 Å². The summed E-state index contributed by atoms with van der Waals surface area (Å²) in [6, 6.07) is 8.11. The van der Waals surface area contributed by atoms with Crippen molar-refractivity contribution in [2.75, 3.05) is 0 Å². The summed E-state index contributed by atoms with van der Waals surface area (Å²) in [5.41, 5.74) is 8.55. The third-order valence-corrected chi connectivity index (χ3v) is 2.20. The number of amides is 1. The molecule has 0 saturated heterocycles. The molecule has 0 fully saturated rings. The van der Waals surface area contributed by atoms with E-state index in [1.807, 2.05) is 0 Å². The van der Waals surface area contributed by atoms with Gasteiger partial charge in [-0.1, -0.05) is 42.5 Å². The number of rotatable bonds is 3. The quantitative estimate of drug-likeness (QED) is 0.595. The van der Waals surface area contributed by atoms with Gasteiger partial charge in [0.1, 0.15) is 4.99 Å². The summed E-state index contributed by atoms with van der Waals surface area (Å²) in [5, 5.41) is 9.90. The van der Waals surface area contributed by atoms with Crippen molar-refractivity contribution in [2.45, 2.75) is 5.60 Å². The lowest BCUT2D eigenvalue weighted by atomic mass is 9.93. The van der Waals surface area contributed by atoms with Gasteiger partial charge in [0.2, 0.25) is 5.60 Å². The van der Waals surface area contributed by atoms with Gasteiger partial charge in [-0.25, -0.2) is 0 Å². The molecule has 0 aliphatic rings. The summed E-state index contributed by atoms with van der Waals surface area (Å²) in [7, 11) is 0. The zero-order valence-corrected chi connectivity index (χ0v) is 8.12. The highest BCUT2D eigenvalue weighted by Gasteiger charge is 2.39. The second-order valence-electron chi connectivity index (χ2n) is 2.80. The molecular weight excluding hydrogens is 200 g/mol. The van der Waals surface area contributed by atoms with Crippen molar-refractivity contribution in [2.24, 2.45) is 11.5 Å². The van der Waals surface area contributed by atoms with Gasteiger partial charge in [-0.3, -0.25) is 4.79 Å². The lowest BCUT2D eigenvalue weighted by molar-refractivity contribution is -0.130. The molecule has 0 aliphatic carbocycles. The van der Waals surface area contributed by atoms with E-state index in [0.717, 1.165) is 0 Å². The number of benzene rings is 1.